The van der Waals surface area contributed by atoms with Gasteiger partial charge in [-0.1, -0.05) is 37.3 Å². The first-order valence-electron chi connectivity index (χ1n) is 7.64. The lowest BCUT2D eigenvalue weighted by Crippen LogP contribution is -2.40. The van der Waals surface area contributed by atoms with Crippen LogP contribution in [-0.4, -0.2) is 31.3 Å². The van der Waals surface area contributed by atoms with Gasteiger partial charge in [0, 0.05) is 19.7 Å². The second-order valence-electron chi connectivity index (χ2n) is 6.03. The van der Waals surface area contributed by atoms with E-state index in [1.807, 2.05) is 37.3 Å². The topological polar surface area (TPSA) is 47.6 Å². The minimum absolute atomic E-state index is 0.0757. The molecule has 0 aromatic heterocycles. The van der Waals surface area contributed by atoms with Crippen LogP contribution in [0.1, 0.15) is 32.3 Å². The Morgan fingerprint density at radius 1 is 1.43 bits per heavy atom. The molecule has 1 aromatic rings. The number of esters is 1. The molecule has 1 fully saturated rings. The first kappa shape index (κ1) is 16.0. The van der Waals surface area contributed by atoms with Gasteiger partial charge >= 0.3 is 5.97 Å². The maximum atomic E-state index is 11.9. The molecular formula is C17H25NO3. The summed E-state index contributed by atoms with van der Waals surface area (Å²) in [5, 5.41) is 3.32. The molecule has 1 heterocycles. The SMILES string of the molecule is CC(CNCC1(C)CCCO1)C(=O)OCc1ccccc1. The van der Waals surface area contributed by atoms with Crippen molar-refractivity contribution in [2.45, 2.75) is 38.9 Å². The van der Waals surface area contributed by atoms with E-state index in [1.54, 1.807) is 0 Å². The number of benzene rings is 1. The average molecular weight is 291 g/mol. The standard InChI is InChI=1S/C17H25NO3/c1-14(11-18-13-17(2)9-6-10-21-17)16(19)20-12-15-7-4-3-5-8-15/h3-5,7-8,14,18H,6,9-13H2,1-2H3. The van der Waals surface area contributed by atoms with Crippen molar-refractivity contribution in [3.05, 3.63) is 35.9 Å². The van der Waals surface area contributed by atoms with Crippen LogP contribution in [-0.2, 0) is 20.9 Å². The van der Waals surface area contributed by atoms with Crippen molar-refractivity contribution in [3.8, 4) is 0 Å². The van der Waals surface area contributed by atoms with Crippen LogP contribution >= 0.6 is 0 Å². The summed E-state index contributed by atoms with van der Waals surface area (Å²) in [6.07, 6.45) is 2.19. The minimum atomic E-state index is -0.163. The quantitative estimate of drug-likeness (QED) is 0.784. The Morgan fingerprint density at radius 3 is 2.86 bits per heavy atom. The third-order valence-corrected chi connectivity index (χ3v) is 3.88. The maximum absolute atomic E-state index is 11.9. The number of hydrogen-bond donors (Lipinski definition) is 1. The number of hydrogen-bond acceptors (Lipinski definition) is 4. The van der Waals surface area contributed by atoms with Crippen LogP contribution in [0.15, 0.2) is 30.3 Å². The molecule has 2 unspecified atom stereocenters. The molecular weight excluding hydrogens is 266 g/mol. The maximum Gasteiger partial charge on any atom is 0.310 e. The molecule has 1 aliphatic heterocycles. The molecule has 0 spiro atoms. The molecule has 0 aliphatic carbocycles. The third kappa shape index (κ3) is 5.14. The fourth-order valence-electron chi connectivity index (χ4n) is 2.48. The summed E-state index contributed by atoms with van der Waals surface area (Å²) in [5.74, 6) is -0.317. The summed E-state index contributed by atoms with van der Waals surface area (Å²) in [6, 6.07) is 9.74. The van der Waals surface area contributed by atoms with Gasteiger partial charge < -0.3 is 14.8 Å². The van der Waals surface area contributed by atoms with E-state index in [0.29, 0.717) is 13.2 Å². The smallest absolute Gasteiger partial charge is 0.310 e. The van der Waals surface area contributed by atoms with Gasteiger partial charge in [0.15, 0.2) is 0 Å². The second-order valence-corrected chi connectivity index (χ2v) is 6.03. The van der Waals surface area contributed by atoms with Crippen LogP contribution in [0.25, 0.3) is 0 Å². The largest absolute Gasteiger partial charge is 0.461 e. The molecule has 4 nitrogen and oxygen atoms in total. The predicted molar refractivity (Wildman–Crippen MR) is 81.9 cm³/mol. The zero-order valence-corrected chi connectivity index (χ0v) is 12.9. The highest BCUT2D eigenvalue weighted by Gasteiger charge is 2.29. The van der Waals surface area contributed by atoms with E-state index in [2.05, 4.69) is 12.2 Å². The third-order valence-electron chi connectivity index (χ3n) is 3.88. The summed E-state index contributed by atoms with van der Waals surface area (Å²) >= 11 is 0. The highest BCUT2D eigenvalue weighted by Crippen LogP contribution is 2.23. The fourth-order valence-corrected chi connectivity index (χ4v) is 2.48. The van der Waals surface area contributed by atoms with Gasteiger partial charge in [-0.25, -0.2) is 0 Å². The van der Waals surface area contributed by atoms with Gasteiger partial charge in [0.1, 0.15) is 6.61 Å². The van der Waals surface area contributed by atoms with E-state index >= 15 is 0 Å². The Labute approximate surface area is 126 Å². The van der Waals surface area contributed by atoms with E-state index in [9.17, 15) is 4.79 Å². The van der Waals surface area contributed by atoms with Crippen molar-refractivity contribution < 1.29 is 14.3 Å². The number of carbonyl (C=O) groups is 1. The molecule has 2 atom stereocenters. The van der Waals surface area contributed by atoms with Crippen molar-refractivity contribution in [2.75, 3.05) is 19.7 Å². The lowest BCUT2D eigenvalue weighted by atomic mass is 10.0. The predicted octanol–water partition coefficient (Wildman–Crippen LogP) is 2.52. The molecule has 21 heavy (non-hydrogen) atoms. The monoisotopic (exact) mass is 291 g/mol. The number of nitrogens with one attached hydrogen (secondary N) is 1. The number of carbonyl (C=O) groups excluding carboxylic acids is 1. The molecule has 2 rings (SSSR count). The van der Waals surface area contributed by atoms with Gasteiger partial charge in [-0.15, -0.1) is 0 Å². The number of rotatable bonds is 7. The first-order chi connectivity index (χ1) is 10.1. The Kier molecular flexibility index (Phi) is 5.76. The summed E-state index contributed by atoms with van der Waals surface area (Å²) in [7, 11) is 0. The van der Waals surface area contributed by atoms with Crippen molar-refractivity contribution in [2.24, 2.45) is 5.92 Å². The Morgan fingerprint density at radius 2 is 2.19 bits per heavy atom. The molecule has 116 valence electrons. The van der Waals surface area contributed by atoms with Crippen molar-refractivity contribution in [1.29, 1.82) is 0 Å². The molecule has 0 bridgehead atoms. The summed E-state index contributed by atoms with van der Waals surface area (Å²) < 4.78 is 11.0. The molecule has 1 saturated heterocycles. The van der Waals surface area contributed by atoms with Crippen molar-refractivity contribution in [1.82, 2.24) is 5.32 Å². The second kappa shape index (κ2) is 7.57. The van der Waals surface area contributed by atoms with Gasteiger partial charge in [-0.3, -0.25) is 4.79 Å². The molecule has 4 heteroatoms. The summed E-state index contributed by atoms with van der Waals surface area (Å²) in [5.41, 5.74) is 0.936. The van der Waals surface area contributed by atoms with Crippen molar-refractivity contribution in [3.63, 3.8) is 0 Å². The Bertz CT molecular complexity index is 441. The minimum Gasteiger partial charge on any atom is -0.461 e. The van der Waals surface area contributed by atoms with E-state index < -0.39 is 0 Å². The molecule has 1 N–H and O–H groups in total. The van der Waals surface area contributed by atoms with E-state index in [0.717, 1.165) is 31.6 Å². The van der Waals surface area contributed by atoms with E-state index in [-0.39, 0.29) is 17.5 Å². The Hall–Kier alpha value is -1.39. The molecule has 0 radical (unpaired) electrons. The molecule has 1 aliphatic rings. The van der Waals surface area contributed by atoms with Gasteiger partial charge in [-0.2, -0.15) is 0 Å². The van der Waals surface area contributed by atoms with Crippen LogP contribution in [0.2, 0.25) is 0 Å². The summed E-state index contributed by atoms with van der Waals surface area (Å²) in [6.45, 7) is 6.58. The molecule has 1 aromatic carbocycles. The zero-order valence-electron chi connectivity index (χ0n) is 12.9. The number of ether oxygens (including phenoxy) is 2. The highest BCUT2D eigenvalue weighted by atomic mass is 16.5. The van der Waals surface area contributed by atoms with Crippen LogP contribution in [0.4, 0.5) is 0 Å². The summed E-state index contributed by atoms with van der Waals surface area (Å²) in [4.78, 5) is 11.9. The fraction of sp³-hybridized carbons (Fsp3) is 0.588. The van der Waals surface area contributed by atoms with Gasteiger partial charge in [0.2, 0.25) is 0 Å². The van der Waals surface area contributed by atoms with Crippen LogP contribution in [0.5, 0.6) is 0 Å². The lowest BCUT2D eigenvalue weighted by molar-refractivity contribution is -0.149. The van der Waals surface area contributed by atoms with Gasteiger partial charge in [0.25, 0.3) is 0 Å². The normalized spacial score (nSPS) is 23.0. The zero-order chi connectivity index (χ0) is 15.1. The van der Waals surface area contributed by atoms with Crippen LogP contribution in [0.3, 0.4) is 0 Å². The highest BCUT2D eigenvalue weighted by molar-refractivity contribution is 5.72. The van der Waals surface area contributed by atoms with E-state index in [1.165, 1.54) is 0 Å². The molecule has 0 saturated carbocycles. The van der Waals surface area contributed by atoms with Gasteiger partial charge in [-0.05, 0) is 25.3 Å². The van der Waals surface area contributed by atoms with Gasteiger partial charge in [0.05, 0.1) is 11.5 Å². The van der Waals surface area contributed by atoms with E-state index in [4.69, 9.17) is 9.47 Å². The average Bonchev–Trinajstić information content (AvgIpc) is 2.92. The first-order valence-corrected chi connectivity index (χ1v) is 7.64. The molecule has 0 amide bonds. The van der Waals surface area contributed by atoms with Crippen molar-refractivity contribution >= 4 is 5.97 Å². The van der Waals surface area contributed by atoms with Crippen LogP contribution < -0.4 is 5.32 Å². The Balaban J connectivity index is 1.65. The van der Waals surface area contributed by atoms with Crippen LogP contribution in [0, 0.1) is 5.92 Å². The lowest BCUT2D eigenvalue weighted by Gasteiger charge is -2.24.